The topological polar surface area (TPSA) is 63.8 Å². The van der Waals surface area contributed by atoms with Gasteiger partial charge in [-0.2, -0.15) is 4.98 Å². The van der Waals surface area contributed by atoms with Crippen molar-refractivity contribution in [2.24, 2.45) is 0 Å². The predicted octanol–water partition coefficient (Wildman–Crippen LogP) is 3.42. The molecule has 0 aliphatic heterocycles. The van der Waals surface area contributed by atoms with Crippen LogP contribution in [0, 0.1) is 6.92 Å². The second kappa shape index (κ2) is 5.28. The summed E-state index contributed by atoms with van der Waals surface area (Å²) in [5.74, 6) is 0.772. The van der Waals surface area contributed by atoms with Crippen molar-refractivity contribution in [3.63, 3.8) is 0 Å². The van der Waals surface area contributed by atoms with Gasteiger partial charge >= 0.3 is 0 Å². The molecule has 0 atom stereocenters. The first-order valence-electron chi connectivity index (χ1n) is 6.71. The maximum Gasteiger partial charge on any atom is 0.263 e. The molecule has 0 fully saturated rings. The summed E-state index contributed by atoms with van der Waals surface area (Å²) in [7, 11) is 0. The van der Waals surface area contributed by atoms with E-state index in [1.807, 2.05) is 12.1 Å². The SMILES string of the molecule is CCCNc1ncnc2onc(-c3ccc(C)cc3)c12. The Hall–Kier alpha value is -2.43. The van der Waals surface area contributed by atoms with E-state index in [2.05, 4.69) is 46.4 Å². The zero-order valence-electron chi connectivity index (χ0n) is 11.6. The highest BCUT2D eigenvalue weighted by Crippen LogP contribution is 2.31. The number of benzene rings is 1. The molecule has 102 valence electrons. The normalized spacial score (nSPS) is 10.9. The molecule has 1 N–H and O–H groups in total. The molecule has 0 unspecified atom stereocenters. The third-order valence-corrected chi connectivity index (χ3v) is 3.14. The summed E-state index contributed by atoms with van der Waals surface area (Å²) >= 11 is 0. The summed E-state index contributed by atoms with van der Waals surface area (Å²) < 4.78 is 5.31. The van der Waals surface area contributed by atoms with Crippen LogP contribution in [-0.2, 0) is 0 Å². The van der Waals surface area contributed by atoms with Crippen molar-refractivity contribution in [2.45, 2.75) is 20.3 Å². The minimum absolute atomic E-state index is 0.508. The lowest BCUT2D eigenvalue weighted by atomic mass is 10.1. The molecule has 0 amide bonds. The fourth-order valence-electron chi connectivity index (χ4n) is 2.07. The maximum atomic E-state index is 5.31. The molecule has 0 saturated heterocycles. The number of aryl methyl sites for hydroxylation is 1. The first kappa shape index (κ1) is 12.6. The fraction of sp³-hybridized carbons (Fsp3) is 0.267. The third kappa shape index (κ3) is 2.22. The van der Waals surface area contributed by atoms with Gasteiger partial charge in [-0.05, 0) is 13.3 Å². The third-order valence-electron chi connectivity index (χ3n) is 3.14. The Balaban J connectivity index is 2.13. The van der Waals surface area contributed by atoms with E-state index >= 15 is 0 Å². The van der Waals surface area contributed by atoms with Crippen LogP contribution < -0.4 is 5.32 Å². The number of aromatic nitrogens is 3. The van der Waals surface area contributed by atoms with Crippen LogP contribution in [-0.4, -0.2) is 21.7 Å². The van der Waals surface area contributed by atoms with Gasteiger partial charge in [0.05, 0.1) is 0 Å². The average Bonchev–Trinajstić information content (AvgIpc) is 2.90. The molecule has 5 nitrogen and oxygen atoms in total. The van der Waals surface area contributed by atoms with Crippen LogP contribution >= 0.6 is 0 Å². The number of hydrogen-bond donors (Lipinski definition) is 1. The van der Waals surface area contributed by atoms with E-state index in [0.29, 0.717) is 5.71 Å². The van der Waals surface area contributed by atoms with Crippen LogP contribution in [0.5, 0.6) is 0 Å². The minimum atomic E-state index is 0.508. The number of nitrogens with one attached hydrogen (secondary N) is 1. The molecule has 0 bridgehead atoms. The Bertz CT molecular complexity index is 718. The molecule has 2 aromatic heterocycles. The molecular formula is C15H16N4O. The van der Waals surface area contributed by atoms with Crippen molar-refractivity contribution >= 4 is 16.9 Å². The Morgan fingerprint density at radius 3 is 2.70 bits per heavy atom. The van der Waals surface area contributed by atoms with Crippen molar-refractivity contribution in [3.05, 3.63) is 36.2 Å². The number of nitrogens with zero attached hydrogens (tertiary/aromatic N) is 3. The lowest BCUT2D eigenvalue weighted by molar-refractivity contribution is 0.451. The first-order chi connectivity index (χ1) is 9.79. The largest absolute Gasteiger partial charge is 0.369 e. The quantitative estimate of drug-likeness (QED) is 0.785. The lowest BCUT2D eigenvalue weighted by Crippen LogP contribution is -2.02. The van der Waals surface area contributed by atoms with Crippen molar-refractivity contribution < 1.29 is 4.52 Å². The zero-order chi connectivity index (χ0) is 13.9. The van der Waals surface area contributed by atoms with Crippen LogP contribution in [0.3, 0.4) is 0 Å². The van der Waals surface area contributed by atoms with E-state index in [4.69, 9.17) is 4.52 Å². The van der Waals surface area contributed by atoms with Gasteiger partial charge in [0.1, 0.15) is 23.2 Å². The Labute approximate surface area is 117 Å². The predicted molar refractivity (Wildman–Crippen MR) is 78.6 cm³/mol. The second-order valence-electron chi connectivity index (χ2n) is 4.73. The summed E-state index contributed by atoms with van der Waals surface area (Å²) in [4.78, 5) is 8.43. The Morgan fingerprint density at radius 1 is 1.15 bits per heavy atom. The molecule has 3 rings (SSSR count). The Morgan fingerprint density at radius 2 is 1.95 bits per heavy atom. The highest BCUT2D eigenvalue weighted by atomic mass is 16.5. The summed E-state index contributed by atoms with van der Waals surface area (Å²) in [5.41, 5.74) is 3.50. The van der Waals surface area contributed by atoms with Crippen molar-refractivity contribution in [1.29, 1.82) is 0 Å². The maximum absolute atomic E-state index is 5.31. The first-order valence-corrected chi connectivity index (χ1v) is 6.71. The molecule has 0 saturated carbocycles. The molecule has 0 aliphatic rings. The van der Waals surface area contributed by atoms with Gasteiger partial charge in [-0.1, -0.05) is 41.9 Å². The highest BCUT2D eigenvalue weighted by molar-refractivity contribution is 5.97. The van der Waals surface area contributed by atoms with Gasteiger partial charge < -0.3 is 9.84 Å². The van der Waals surface area contributed by atoms with Gasteiger partial charge in [0.25, 0.3) is 5.71 Å². The Kier molecular flexibility index (Phi) is 3.33. The molecular weight excluding hydrogens is 252 g/mol. The molecule has 0 spiro atoms. The summed E-state index contributed by atoms with van der Waals surface area (Å²) in [6.45, 7) is 5.02. The average molecular weight is 268 g/mol. The van der Waals surface area contributed by atoms with Crippen molar-refractivity contribution in [3.8, 4) is 11.3 Å². The minimum Gasteiger partial charge on any atom is -0.369 e. The summed E-state index contributed by atoms with van der Waals surface area (Å²) in [6, 6.07) is 8.17. The van der Waals surface area contributed by atoms with E-state index < -0.39 is 0 Å². The van der Waals surface area contributed by atoms with Gasteiger partial charge in [-0.25, -0.2) is 4.98 Å². The summed E-state index contributed by atoms with van der Waals surface area (Å²) in [5, 5.41) is 8.28. The van der Waals surface area contributed by atoms with Crippen LogP contribution in [0.15, 0.2) is 35.1 Å². The van der Waals surface area contributed by atoms with E-state index in [1.165, 1.54) is 11.9 Å². The van der Waals surface area contributed by atoms with E-state index in [-0.39, 0.29) is 0 Å². The smallest absolute Gasteiger partial charge is 0.263 e. The van der Waals surface area contributed by atoms with E-state index in [1.54, 1.807) is 0 Å². The number of fused-ring (bicyclic) bond motifs is 1. The second-order valence-corrected chi connectivity index (χ2v) is 4.73. The molecule has 0 aliphatic carbocycles. The molecule has 1 aromatic carbocycles. The molecule has 2 heterocycles. The standard InChI is InChI=1S/C15H16N4O/c1-3-8-16-14-12-13(11-6-4-10(2)5-7-11)19-20-15(12)18-9-17-14/h4-7,9H,3,8H2,1-2H3,(H,16,17,18). The number of hydrogen-bond acceptors (Lipinski definition) is 5. The van der Waals surface area contributed by atoms with E-state index in [0.717, 1.165) is 35.4 Å². The van der Waals surface area contributed by atoms with E-state index in [9.17, 15) is 0 Å². The van der Waals surface area contributed by atoms with Crippen LogP contribution in [0.1, 0.15) is 18.9 Å². The van der Waals surface area contributed by atoms with Gasteiger partial charge in [-0.3, -0.25) is 0 Å². The lowest BCUT2D eigenvalue weighted by Gasteiger charge is -2.05. The molecule has 0 radical (unpaired) electrons. The van der Waals surface area contributed by atoms with Gasteiger partial charge in [0.15, 0.2) is 0 Å². The monoisotopic (exact) mass is 268 g/mol. The zero-order valence-corrected chi connectivity index (χ0v) is 11.6. The van der Waals surface area contributed by atoms with Crippen LogP contribution in [0.2, 0.25) is 0 Å². The number of anilines is 1. The molecule has 5 heteroatoms. The van der Waals surface area contributed by atoms with Gasteiger partial charge in [0, 0.05) is 12.1 Å². The number of rotatable bonds is 4. The van der Waals surface area contributed by atoms with Gasteiger partial charge in [0.2, 0.25) is 0 Å². The van der Waals surface area contributed by atoms with Crippen molar-refractivity contribution in [2.75, 3.05) is 11.9 Å². The van der Waals surface area contributed by atoms with Gasteiger partial charge in [-0.15, -0.1) is 0 Å². The fourth-order valence-corrected chi connectivity index (χ4v) is 2.07. The van der Waals surface area contributed by atoms with Crippen LogP contribution in [0.25, 0.3) is 22.4 Å². The molecule has 3 aromatic rings. The molecule has 20 heavy (non-hydrogen) atoms. The van der Waals surface area contributed by atoms with Crippen molar-refractivity contribution in [1.82, 2.24) is 15.1 Å². The summed E-state index contributed by atoms with van der Waals surface area (Å²) in [6.07, 6.45) is 2.51. The van der Waals surface area contributed by atoms with Crippen LogP contribution in [0.4, 0.5) is 5.82 Å². The highest BCUT2D eigenvalue weighted by Gasteiger charge is 2.16.